The number of nitrogens with zero attached hydrogens (tertiary/aromatic N) is 2. The maximum Gasteiger partial charge on any atom is 0.156 e. The van der Waals surface area contributed by atoms with Gasteiger partial charge in [0, 0.05) is 17.8 Å². The Labute approximate surface area is 113 Å². The summed E-state index contributed by atoms with van der Waals surface area (Å²) < 4.78 is 26.0. The number of aliphatic hydroxyl groups is 1. The van der Waals surface area contributed by atoms with Crippen LogP contribution >= 0.6 is 0 Å². The number of rotatable bonds is 2. The van der Waals surface area contributed by atoms with Gasteiger partial charge in [0.2, 0.25) is 0 Å². The van der Waals surface area contributed by atoms with Crippen LogP contribution in [0.1, 0.15) is 51.1 Å². The van der Waals surface area contributed by atoms with Crippen molar-refractivity contribution in [2.75, 3.05) is 0 Å². The zero-order valence-electron chi connectivity index (χ0n) is 11.3. The zero-order chi connectivity index (χ0) is 13.8. The second-order valence-corrected chi connectivity index (χ2v) is 8.66. The van der Waals surface area contributed by atoms with Gasteiger partial charge >= 0.3 is 0 Å². The highest BCUT2D eigenvalue weighted by molar-refractivity contribution is 7.93. The largest absolute Gasteiger partial charge is 0.385 e. The molecule has 0 aliphatic carbocycles. The minimum Gasteiger partial charge on any atom is -0.385 e. The van der Waals surface area contributed by atoms with E-state index in [1.54, 1.807) is 10.9 Å². The Morgan fingerprint density at radius 2 is 1.95 bits per heavy atom. The number of hydrogen-bond acceptors (Lipinski definition) is 4. The van der Waals surface area contributed by atoms with Crippen LogP contribution in [0.4, 0.5) is 0 Å². The van der Waals surface area contributed by atoms with Crippen molar-refractivity contribution in [1.29, 1.82) is 0 Å². The Bertz CT molecular complexity index is 571. The summed E-state index contributed by atoms with van der Waals surface area (Å²) in [6.07, 6.45) is 5.53. The lowest BCUT2D eigenvalue weighted by atomic mass is 9.88. The summed E-state index contributed by atoms with van der Waals surface area (Å²) in [6, 6.07) is 0.237. The minimum atomic E-state index is -3.00. The number of aromatic nitrogens is 2. The molecule has 2 aliphatic rings. The molecule has 2 bridgehead atoms. The molecule has 0 amide bonds. The van der Waals surface area contributed by atoms with Crippen molar-refractivity contribution in [2.45, 2.75) is 61.7 Å². The molecule has 2 atom stereocenters. The molecular weight excluding hydrogens is 264 g/mol. The summed E-state index contributed by atoms with van der Waals surface area (Å²) in [4.78, 5) is 0. The van der Waals surface area contributed by atoms with E-state index in [-0.39, 0.29) is 16.5 Å². The summed E-state index contributed by atoms with van der Waals surface area (Å²) in [5, 5.41) is 14.3. The predicted molar refractivity (Wildman–Crippen MR) is 71.5 cm³/mol. The Balaban J connectivity index is 1.93. The number of hydrogen-bond donors (Lipinski definition) is 1. The summed E-state index contributed by atoms with van der Waals surface area (Å²) in [7, 11) is -3.00. The lowest BCUT2D eigenvalue weighted by molar-refractivity contribution is 0.0172. The van der Waals surface area contributed by atoms with Gasteiger partial charge in [0.15, 0.2) is 9.84 Å². The minimum absolute atomic E-state index is 0.237. The van der Waals surface area contributed by atoms with E-state index in [1.807, 2.05) is 20.0 Å². The molecule has 2 aliphatic heterocycles. The first-order chi connectivity index (χ1) is 8.83. The highest BCUT2D eigenvalue weighted by Crippen LogP contribution is 2.47. The first kappa shape index (κ1) is 13.1. The van der Waals surface area contributed by atoms with Gasteiger partial charge in [-0.2, -0.15) is 5.10 Å². The van der Waals surface area contributed by atoms with Gasteiger partial charge < -0.3 is 5.11 Å². The molecule has 1 aromatic heterocycles. The molecule has 1 N–H and O–H groups in total. The van der Waals surface area contributed by atoms with Gasteiger partial charge in [-0.15, -0.1) is 0 Å². The van der Waals surface area contributed by atoms with Crippen LogP contribution in [0, 0.1) is 0 Å². The van der Waals surface area contributed by atoms with Gasteiger partial charge in [0.25, 0.3) is 0 Å². The quantitative estimate of drug-likeness (QED) is 0.891. The van der Waals surface area contributed by atoms with Crippen molar-refractivity contribution in [3.8, 4) is 0 Å². The molecule has 0 aromatic carbocycles. The molecule has 0 saturated carbocycles. The maximum absolute atomic E-state index is 12.1. The summed E-state index contributed by atoms with van der Waals surface area (Å²) >= 11 is 0. The standard InChI is InChI=1S/C13H20N2O3S/c1-9(2)15-8-10(7-14-15)13(16)5-11-3-4-12(6-13)19(11,17)18/h7-9,11-12,16H,3-6H2,1-2H3. The molecule has 2 saturated heterocycles. The van der Waals surface area contributed by atoms with Gasteiger partial charge in [0.05, 0.1) is 22.3 Å². The zero-order valence-corrected chi connectivity index (χ0v) is 12.1. The normalized spacial score (nSPS) is 36.8. The number of sulfone groups is 1. The molecule has 3 rings (SSSR count). The van der Waals surface area contributed by atoms with Crippen LogP contribution in [0.15, 0.2) is 12.4 Å². The number of fused-ring (bicyclic) bond motifs is 2. The molecule has 3 heterocycles. The SMILES string of the molecule is CC(C)n1cc(C2(O)CC3CCC(C2)S3(=O)=O)cn1. The van der Waals surface area contributed by atoms with Crippen molar-refractivity contribution >= 4 is 9.84 Å². The van der Waals surface area contributed by atoms with Crippen molar-refractivity contribution in [3.05, 3.63) is 18.0 Å². The lowest BCUT2D eigenvalue weighted by Gasteiger charge is -2.35. The van der Waals surface area contributed by atoms with E-state index in [1.165, 1.54) is 0 Å². The second kappa shape index (κ2) is 4.06. The van der Waals surface area contributed by atoms with Crippen molar-refractivity contribution in [3.63, 3.8) is 0 Å². The molecule has 6 heteroatoms. The molecule has 5 nitrogen and oxygen atoms in total. The second-order valence-electron chi connectivity index (χ2n) is 6.15. The van der Waals surface area contributed by atoms with Crippen LogP contribution in [-0.4, -0.2) is 33.8 Å². The Morgan fingerprint density at radius 1 is 1.37 bits per heavy atom. The topological polar surface area (TPSA) is 72.2 Å². The van der Waals surface area contributed by atoms with Gasteiger partial charge in [-0.1, -0.05) is 0 Å². The summed E-state index contributed by atoms with van der Waals surface area (Å²) in [5.74, 6) is 0. The third-order valence-corrected chi connectivity index (χ3v) is 7.20. The average Bonchev–Trinajstić information content (AvgIpc) is 2.84. The van der Waals surface area contributed by atoms with Gasteiger partial charge in [-0.3, -0.25) is 4.68 Å². The Kier molecular flexibility index (Phi) is 2.80. The van der Waals surface area contributed by atoms with E-state index in [2.05, 4.69) is 5.10 Å². The van der Waals surface area contributed by atoms with Crippen LogP contribution < -0.4 is 0 Å². The smallest absolute Gasteiger partial charge is 0.156 e. The fourth-order valence-electron chi connectivity index (χ4n) is 3.34. The first-order valence-electron chi connectivity index (χ1n) is 6.83. The average molecular weight is 284 g/mol. The van der Waals surface area contributed by atoms with Gasteiger partial charge in [-0.05, 0) is 39.5 Å². The fraction of sp³-hybridized carbons (Fsp3) is 0.769. The van der Waals surface area contributed by atoms with Crippen LogP contribution in [0.25, 0.3) is 0 Å². The van der Waals surface area contributed by atoms with E-state index in [9.17, 15) is 13.5 Å². The van der Waals surface area contributed by atoms with Gasteiger partial charge in [-0.25, -0.2) is 8.42 Å². The molecular formula is C13H20N2O3S. The maximum atomic E-state index is 12.1. The molecule has 106 valence electrons. The van der Waals surface area contributed by atoms with Crippen molar-refractivity contribution in [1.82, 2.24) is 9.78 Å². The fourth-order valence-corrected chi connectivity index (χ4v) is 5.83. The summed E-state index contributed by atoms with van der Waals surface area (Å²) in [5.41, 5.74) is -0.266. The van der Waals surface area contributed by atoms with E-state index in [4.69, 9.17) is 0 Å². The third-order valence-electron chi connectivity index (χ3n) is 4.54. The molecule has 1 aromatic rings. The molecule has 2 unspecified atom stereocenters. The Hall–Kier alpha value is -0.880. The Morgan fingerprint density at radius 3 is 2.42 bits per heavy atom. The summed E-state index contributed by atoms with van der Waals surface area (Å²) in [6.45, 7) is 4.05. The van der Waals surface area contributed by atoms with Crippen molar-refractivity contribution in [2.24, 2.45) is 0 Å². The molecule has 19 heavy (non-hydrogen) atoms. The molecule has 0 spiro atoms. The monoisotopic (exact) mass is 284 g/mol. The van der Waals surface area contributed by atoms with Crippen molar-refractivity contribution < 1.29 is 13.5 Å². The van der Waals surface area contributed by atoms with E-state index in [0.29, 0.717) is 25.7 Å². The van der Waals surface area contributed by atoms with Crippen LogP contribution in [0.2, 0.25) is 0 Å². The highest BCUT2D eigenvalue weighted by Gasteiger charge is 2.53. The lowest BCUT2D eigenvalue weighted by Crippen LogP contribution is -2.42. The predicted octanol–water partition coefficient (Wildman–Crippen LogP) is 1.39. The van der Waals surface area contributed by atoms with E-state index < -0.39 is 15.4 Å². The first-order valence-corrected chi connectivity index (χ1v) is 8.43. The van der Waals surface area contributed by atoms with Crippen LogP contribution in [-0.2, 0) is 15.4 Å². The van der Waals surface area contributed by atoms with Crippen LogP contribution in [0.3, 0.4) is 0 Å². The highest BCUT2D eigenvalue weighted by atomic mass is 32.2. The third kappa shape index (κ3) is 1.92. The van der Waals surface area contributed by atoms with E-state index in [0.717, 1.165) is 5.56 Å². The molecule has 0 radical (unpaired) electrons. The van der Waals surface area contributed by atoms with Crippen LogP contribution in [0.5, 0.6) is 0 Å². The molecule has 2 fully saturated rings. The van der Waals surface area contributed by atoms with Gasteiger partial charge in [0.1, 0.15) is 0 Å². The van der Waals surface area contributed by atoms with E-state index >= 15 is 0 Å².